The SMILES string of the molecule is COCc1noc(NC(=O)N2Cc3ccccc3OC(C)(C)C2)n1. The molecule has 1 N–H and O–H groups in total. The number of anilines is 1. The van der Waals surface area contributed by atoms with Crippen molar-refractivity contribution in [3.8, 4) is 5.75 Å². The number of hydrogen-bond donors (Lipinski definition) is 1. The van der Waals surface area contributed by atoms with E-state index in [1.54, 1.807) is 4.90 Å². The van der Waals surface area contributed by atoms with Gasteiger partial charge in [0.1, 0.15) is 18.0 Å². The minimum atomic E-state index is -0.514. The van der Waals surface area contributed by atoms with E-state index in [4.69, 9.17) is 14.0 Å². The molecule has 8 heteroatoms. The summed E-state index contributed by atoms with van der Waals surface area (Å²) in [5.74, 6) is 1.16. The number of nitrogens with one attached hydrogen (secondary N) is 1. The summed E-state index contributed by atoms with van der Waals surface area (Å²) in [5.41, 5.74) is 0.434. The summed E-state index contributed by atoms with van der Waals surface area (Å²) in [6.45, 7) is 4.96. The van der Waals surface area contributed by atoms with Gasteiger partial charge in [0, 0.05) is 12.7 Å². The minimum Gasteiger partial charge on any atom is -0.486 e. The van der Waals surface area contributed by atoms with Gasteiger partial charge in [-0.2, -0.15) is 4.98 Å². The molecular weight excluding hydrogens is 312 g/mol. The normalized spacial score (nSPS) is 16.0. The highest BCUT2D eigenvalue weighted by Gasteiger charge is 2.31. The van der Waals surface area contributed by atoms with Gasteiger partial charge in [-0.1, -0.05) is 23.4 Å². The number of fused-ring (bicyclic) bond motifs is 1. The van der Waals surface area contributed by atoms with Crippen LogP contribution in [-0.4, -0.2) is 40.3 Å². The molecule has 2 aromatic rings. The fraction of sp³-hybridized carbons (Fsp3) is 0.438. The zero-order valence-electron chi connectivity index (χ0n) is 13.9. The van der Waals surface area contributed by atoms with E-state index in [1.807, 2.05) is 38.1 Å². The van der Waals surface area contributed by atoms with Crippen molar-refractivity contribution >= 4 is 12.0 Å². The molecule has 8 nitrogen and oxygen atoms in total. The number of urea groups is 1. The van der Waals surface area contributed by atoms with Crippen LogP contribution in [-0.2, 0) is 17.9 Å². The summed E-state index contributed by atoms with van der Waals surface area (Å²) in [6.07, 6.45) is 0. The third kappa shape index (κ3) is 3.65. The van der Waals surface area contributed by atoms with Crippen LogP contribution in [0, 0.1) is 0 Å². The average molecular weight is 332 g/mol. The molecule has 0 spiro atoms. The lowest BCUT2D eigenvalue weighted by Crippen LogP contribution is -2.44. The van der Waals surface area contributed by atoms with Crippen molar-refractivity contribution in [2.45, 2.75) is 32.6 Å². The molecule has 0 saturated carbocycles. The summed E-state index contributed by atoms with van der Waals surface area (Å²) in [6, 6.07) is 7.42. The number of carbonyl (C=O) groups is 1. The number of hydrogen-bond acceptors (Lipinski definition) is 6. The zero-order valence-corrected chi connectivity index (χ0v) is 13.9. The van der Waals surface area contributed by atoms with Gasteiger partial charge in [0.2, 0.25) is 0 Å². The molecule has 3 rings (SSSR count). The third-order valence-electron chi connectivity index (χ3n) is 3.53. The molecule has 0 saturated heterocycles. The van der Waals surface area contributed by atoms with Crippen molar-refractivity contribution in [3.05, 3.63) is 35.7 Å². The molecule has 0 radical (unpaired) electrons. The van der Waals surface area contributed by atoms with Gasteiger partial charge in [0.05, 0.1) is 13.1 Å². The molecule has 1 aliphatic heterocycles. The summed E-state index contributed by atoms with van der Waals surface area (Å²) in [5, 5.41) is 6.34. The maximum absolute atomic E-state index is 12.6. The van der Waals surface area contributed by atoms with Gasteiger partial charge in [-0.15, -0.1) is 0 Å². The number of ether oxygens (including phenoxy) is 2. The Hall–Kier alpha value is -2.61. The largest absolute Gasteiger partial charge is 0.486 e. The Morgan fingerprint density at radius 3 is 3.00 bits per heavy atom. The Kier molecular flexibility index (Phi) is 4.39. The molecule has 1 aromatic carbocycles. The first kappa shape index (κ1) is 16.3. The Morgan fingerprint density at radius 2 is 2.21 bits per heavy atom. The Bertz CT molecular complexity index is 728. The molecule has 128 valence electrons. The van der Waals surface area contributed by atoms with Crippen molar-refractivity contribution in [2.24, 2.45) is 0 Å². The number of carbonyl (C=O) groups excluding carboxylic acids is 1. The van der Waals surface area contributed by atoms with Crippen LogP contribution < -0.4 is 10.1 Å². The second kappa shape index (κ2) is 6.48. The van der Waals surface area contributed by atoms with Crippen LogP contribution in [0.25, 0.3) is 0 Å². The van der Waals surface area contributed by atoms with Gasteiger partial charge in [0.25, 0.3) is 0 Å². The molecular formula is C16H20N4O4. The van der Waals surface area contributed by atoms with E-state index in [-0.39, 0.29) is 18.7 Å². The highest BCUT2D eigenvalue weighted by molar-refractivity contribution is 5.87. The number of para-hydroxylation sites is 1. The van der Waals surface area contributed by atoms with Crippen LogP contribution in [0.5, 0.6) is 5.75 Å². The molecule has 24 heavy (non-hydrogen) atoms. The minimum absolute atomic E-state index is 0.0447. The molecule has 0 atom stereocenters. The maximum atomic E-state index is 12.6. The summed E-state index contributed by atoms with van der Waals surface area (Å²) >= 11 is 0. The lowest BCUT2D eigenvalue weighted by atomic mass is 10.1. The van der Waals surface area contributed by atoms with Gasteiger partial charge >= 0.3 is 12.0 Å². The number of aromatic nitrogens is 2. The van der Waals surface area contributed by atoms with Gasteiger partial charge in [-0.3, -0.25) is 5.32 Å². The van der Waals surface area contributed by atoms with Gasteiger partial charge in [-0.25, -0.2) is 4.79 Å². The number of rotatable bonds is 3. The molecule has 1 aromatic heterocycles. The zero-order chi connectivity index (χ0) is 17.2. The van der Waals surface area contributed by atoms with Crippen molar-refractivity contribution < 1.29 is 18.8 Å². The summed E-state index contributed by atoms with van der Waals surface area (Å²) in [7, 11) is 1.53. The maximum Gasteiger partial charge on any atom is 0.329 e. The van der Waals surface area contributed by atoms with Crippen LogP contribution in [0.3, 0.4) is 0 Å². The topological polar surface area (TPSA) is 89.7 Å². The summed E-state index contributed by atoms with van der Waals surface area (Å²) < 4.78 is 15.9. The van der Waals surface area contributed by atoms with E-state index < -0.39 is 5.60 Å². The summed E-state index contributed by atoms with van der Waals surface area (Å²) in [4.78, 5) is 18.3. The molecule has 0 unspecified atom stereocenters. The first-order valence-corrected chi connectivity index (χ1v) is 7.61. The molecule has 0 aliphatic carbocycles. The quantitative estimate of drug-likeness (QED) is 0.928. The monoisotopic (exact) mass is 332 g/mol. The van der Waals surface area contributed by atoms with Gasteiger partial charge in [-0.05, 0) is 19.9 Å². The van der Waals surface area contributed by atoms with Crippen LogP contribution in [0.1, 0.15) is 25.2 Å². The predicted octanol–water partition coefficient (Wildman–Crippen LogP) is 2.42. The number of amides is 2. The van der Waals surface area contributed by atoms with E-state index in [9.17, 15) is 4.79 Å². The van der Waals surface area contributed by atoms with E-state index in [0.29, 0.717) is 18.9 Å². The Balaban J connectivity index is 1.76. The fourth-order valence-electron chi connectivity index (χ4n) is 2.59. The molecule has 2 amide bonds. The predicted molar refractivity (Wildman–Crippen MR) is 85.6 cm³/mol. The first-order chi connectivity index (χ1) is 11.5. The van der Waals surface area contributed by atoms with E-state index in [1.165, 1.54) is 7.11 Å². The van der Waals surface area contributed by atoms with Crippen molar-refractivity contribution in [1.29, 1.82) is 0 Å². The molecule has 0 fully saturated rings. The number of benzene rings is 1. The van der Waals surface area contributed by atoms with Crippen molar-refractivity contribution in [3.63, 3.8) is 0 Å². The fourth-order valence-corrected chi connectivity index (χ4v) is 2.59. The van der Waals surface area contributed by atoms with E-state index in [2.05, 4.69) is 15.5 Å². The van der Waals surface area contributed by atoms with Crippen LogP contribution >= 0.6 is 0 Å². The number of nitrogens with zero attached hydrogens (tertiary/aromatic N) is 3. The highest BCUT2D eigenvalue weighted by atomic mass is 16.5. The Morgan fingerprint density at radius 1 is 1.42 bits per heavy atom. The lowest BCUT2D eigenvalue weighted by Gasteiger charge is -2.29. The molecule has 1 aliphatic rings. The van der Waals surface area contributed by atoms with Gasteiger partial charge in [0.15, 0.2) is 5.82 Å². The van der Waals surface area contributed by atoms with Crippen LogP contribution in [0.4, 0.5) is 10.8 Å². The standard InChI is InChI=1S/C16H20N4O4/c1-16(2)10-20(8-11-6-4-5-7-12(11)23-16)15(21)18-14-17-13(9-22-3)19-24-14/h4-7H,8-10H2,1-3H3,(H,17,18,19,21). The molecule has 0 bridgehead atoms. The van der Waals surface area contributed by atoms with E-state index in [0.717, 1.165) is 11.3 Å². The van der Waals surface area contributed by atoms with Crippen molar-refractivity contribution in [1.82, 2.24) is 15.0 Å². The van der Waals surface area contributed by atoms with Gasteiger partial charge < -0.3 is 18.9 Å². The van der Waals surface area contributed by atoms with Crippen LogP contribution in [0.15, 0.2) is 28.8 Å². The highest BCUT2D eigenvalue weighted by Crippen LogP contribution is 2.29. The third-order valence-corrected chi connectivity index (χ3v) is 3.53. The second-order valence-corrected chi connectivity index (χ2v) is 6.20. The first-order valence-electron chi connectivity index (χ1n) is 7.61. The lowest BCUT2D eigenvalue weighted by molar-refractivity contribution is 0.0833. The van der Waals surface area contributed by atoms with E-state index >= 15 is 0 Å². The Labute approximate surface area is 139 Å². The second-order valence-electron chi connectivity index (χ2n) is 6.20. The van der Waals surface area contributed by atoms with Crippen LogP contribution in [0.2, 0.25) is 0 Å². The smallest absolute Gasteiger partial charge is 0.329 e. The number of methoxy groups -OCH3 is 1. The van der Waals surface area contributed by atoms with Crippen molar-refractivity contribution in [2.75, 3.05) is 19.0 Å². The average Bonchev–Trinajstić information content (AvgIpc) is 2.89. The molecule has 2 heterocycles.